The molecular weight excluding hydrogens is 362 g/mol. The number of rotatable bonds is 4. The molecule has 0 radical (unpaired) electrons. The Morgan fingerprint density at radius 3 is 2.43 bits per heavy atom. The van der Waals surface area contributed by atoms with E-state index in [0.29, 0.717) is 11.3 Å². The van der Waals surface area contributed by atoms with Gasteiger partial charge in [0.05, 0.1) is 11.4 Å². The van der Waals surface area contributed by atoms with E-state index in [1.165, 1.54) is 31.5 Å². The fourth-order valence-corrected chi connectivity index (χ4v) is 2.54. The van der Waals surface area contributed by atoms with Gasteiger partial charge in [-0.05, 0) is 38.1 Å². The van der Waals surface area contributed by atoms with E-state index >= 15 is 0 Å². The van der Waals surface area contributed by atoms with Gasteiger partial charge in [-0.15, -0.1) is 0 Å². The van der Waals surface area contributed by atoms with Crippen LogP contribution in [-0.2, 0) is 0 Å². The van der Waals surface area contributed by atoms with Crippen LogP contribution in [-0.4, -0.2) is 31.3 Å². The first-order valence-corrected chi connectivity index (χ1v) is 8.29. The van der Waals surface area contributed by atoms with Gasteiger partial charge in [0.1, 0.15) is 5.56 Å². The standard InChI is InChI=1S/C19H17N5O4/c1-11-3-5-14(6-4-11)24-18(27)15(17(26)21-19(24)28)12(2)22-23-16(25)13-7-9-20-10-8-13/h3-10,27H,1-2H3,(H,23,25)(H,21,26,28)/b22-12+. The first kappa shape index (κ1) is 18.8. The lowest BCUT2D eigenvalue weighted by Crippen LogP contribution is -2.33. The minimum absolute atomic E-state index is 0.0296. The smallest absolute Gasteiger partial charge is 0.335 e. The molecular formula is C19H17N5O4. The monoisotopic (exact) mass is 379 g/mol. The van der Waals surface area contributed by atoms with Crippen LogP contribution in [0.5, 0.6) is 5.88 Å². The summed E-state index contributed by atoms with van der Waals surface area (Å²) in [6, 6.07) is 9.81. The molecule has 3 N–H and O–H groups in total. The number of aryl methyl sites for hydroxylation is 1. The molecule has 0 saturated heterocycles. The molecule has 1 amide bonds. The van der Waals surface area contributed by atoms with E-state index < -0.39 is 23.0 Å². The van der Waals surface area contributed by atoms with Crippen molar-refractivity contribution in [2.75, 3.05) is 0 Å². The van der Waals surface area contributed by atoms with Crippen molar-refractivity contribution in [3.8, 4) is 11.6 Å². The Balaban J connectivity index is 2.00. The van der Waals surface area contributed by atoms with E-state index in [1.807, 2.05) is 6.92 Å². The molecule has 3 aromatic rings. The van der Waals surface area contributed by atoms with E-state index in [2.05, 4.69) is 20.5 Å². The largest absolute Gasteiger partial charge is 0.493 e. The van der Waals surface area contributed by atoms with Gasteiger partial charge < -0.3 is 5.11 Å². The van der Waals surface area contributed by atoms with Crippen LogP contribution in [0.3, 0.4) is 0 Å². The van der Waals surface area contributed by atoms with Crippen LogP contribution in [0.15, 0.2) is 63.5 Å². The lowest BCUT2D eigenvalue weighted by Gasteiger charge is -2.11. The zero-order chi connectivity index (χ0) is 20.3. The van der Waals surface area contributed by atoms with E-state index in [0.717, 1.165) is 10.1 Å². The number of nitrogens with zero attached hydrogens (tertiary/aromatic N) is 3. The Kier molecular flexibility index (Phi) is 5.16. The van der Waals surface area contributed by atoms with Gasteiger partial charge in [0.15, 0.2) is 0 Å². The molecule has 28 heavy (non-hydrogen) atoms. The summed E-state index contributed by atoms with van der Waals surface area (Å²) >= 11 is 0. The van der Waals surface area contributed by atoms with Crippen LogP contribution in [0, 0.1) is 6.92 Å². The first-order chi connectivity index (χ1) is 13.4. The van der Waals surface area contributed by atoms with Crippen molar-refractivity contribution in [2.45, 2.75) is 13.8 Å². The number of hydrazone groups is 1. The van der Waals surface area contributed by atoms with Gasteiger partial charge in [0.2, 0.25) is 5.88 Å². The number of aromatic hydroxyl groups is 1. The summed E-state index contributed by atoms with van der Waals surface area (Å²) in [4.78, 5) is 42.5. The van der Waals surface area contributed by atoms with Gasteiger partial charge in [0.25, 0.3) is 11.5 Å². The normalized spacial score (nSPS) is 11.3. The van der Waals surface area contributed by atoms with Crippen LogP contribution in [0.4, 0.5) is 0 Å². The lowest BCUT2D eigenvalue weighted by molar-refractivity contribution is 0.0954. The molecule has 0 bridgehead atoms. The molecule has 0 aliphatic carbocycles. The van der Waals surface area contributed by atoms with Crippen molar-refractivity contribution in [1.29, 1.82) is 0 Å². The predicted octanol–water partition coefficient (Wildman–Crippen LogP) is 1.09. The molecule has 3 rings (SSSR count). The Morgan fingerprint density at radius 2 is 1.79 bits per heavy atom. The quantitative estimate of drug-likeness (QED) is 0.461. The number of amides is 1. The average Bonchev–Trinajstić information content (AvgIpc) is 2.68. The van der Waals surface area contributed by atoms with Crippen LogP contribution in [0.25, 0.3) is 5.69 Å². The molecule has 142 valence electrons. The second kappa shape index (κ2) is 7.70. The zero-order valence-electron chi connectivity index (χ0n) is 15.1. The summed E-state index contributed by atoms with van der Waals surface area (Å²) in [6.07, 6.45) is 2.92. The van der Waals surface area contributed by atoms with E-state index in [9.17, 15) is 19.5 Å². The number of carbonyl (C=O) groups is 1. The fraction of sp³-hybridized carbons (Fsp3) is 0.105. The number of carbonyl (C=O) groups excluding carboxylic acids is 1. The number of H-pyrrole nitrogens is 1. The van der Waals surface area contributed by atoms with Gasteiger partial charge in [0, 0.05) is 18.0 Å². The highest BCUT2D eigenvalue weighted by atomic mass is 16.3. The third kappa shape index (κ3) is 3.73. The van der Waals surface area contributed by atoms with E-state index in [4.69, 9.17) is 0 Å². The highest BCUT2D eigenvalue weighted by molar-refractivity contribution is 6.02. The SMILES string of the molecule is C/C(=N\NC(=O)c1ccncc1)c1c(O)n(-c2ccc(C)cc2)c(=O)[nH]c1=O. The molecule has 9 heteroatoms. The Hall–Kier alpha value is -4.01. The predicted molar refractivity (Wildman–Crippen MR) is 103 cm³/mol. The summed E-state index contributed by atoms with van der Waals surface area (Å²) in [5.74, 6) is -1.08. The maximum absolute atomic E-state index is 12.2. The molecule has 0 aliphatic heterocycles. The Morgan fingerprint density at radius 1 is 1.14 bits per heavy atom. The first-order valence-electron chi connectivity index (χ1n) is 8.29. The van der Waals surface area contributed by atoms with Crippen molar-refractivity contribution in [1.82, 2.24) is 20.0 Å². The van der Waals surface area contributed by atoms with E-state index in [1.54, 1.807) is 24.3 Å². The van der Waals surface area contributed by atoms with Crippen molar-refractivity contribution >= 4 is 11.6 Å². The van der Waals surface area contributed by atoms with Gasteiger partial charge in [-0.2, -0.15) is 5.10 Å². The average molecular weight is 379 g/mol. The summed E-state index contributed by atoms with van der Waals surface area (Å²) in [6.45, 7) is 3.31. The van der Waals surface area contributed by atoms with Crippen LogP contribution in [0.1, 0.15) is 28.4 Å². The fourth-order valence-electron chi connectivity index (χ4n) is 2.54. The topological polar surface area (TPSA) is 129 Å². The van der Waals surface area contributed by atoms with Crippen LogP contribution < -0.4 is 16.7 Å². The maximum atomic E-state index is 12.2. The minimum atomic E-state index is -0.815. The van der Waals surface area contributed by atoms with Crippen molar-refractivity contribution in [2.24, 2.45) is 5.10 Å². The second-order valence-corrected chi connectivity index (χ2v) is 6.00. The van der Waals surface area contributed by atoms with Crippen LogP contribution >= 0.6 is 0 Å². The number of hydrogen-bond acceptors (Lipinski definition) is 6. The number of nitrogens with one attached hydrogen (secondary N) is 2. The van der Waals surface area contributed by atoms with Crippen molar-refractivity contribution in [3.05, 3.63) is 86.3 Å². The molecule has 0 atom stereocenters. The summed E-state index contributed by atoms with van der Waals surface area (Å²) in [7, 11) is 0. The summed E-state index contributed by atoms with van der Waals surface area (Å²) in [5.41, 5.74) is 2.18. The van der Waals surface area contributed by atoms with Crippen molar-refractivity contribution < 1.29 is 9.90 Å². The second-order valence-electron chi connectivity index (χ2n) is 6.00. The Labute approximate surface area is 159 Å². The van der Waals surface area contributed by atoms with Crippen molar-refractivity contribution in [3.63, 3.8) is 0 Å². The number of benzene rings is 1. The highest BCUT2D eigenvalue weighted by Gasteiger charge is 2.18. The maximum Gasteiger partial charge on any atom is 0.335 e. The molecule has 0 fully saturated rings. The number of hydrogen-bond donors (Lipinski definition) is 3. The zero-order valence-corrected chi connectivity index (χ0v) is 15.1. The summed E-state index contributed by atoms with van der Waals surface area (Å²) < 4.78 is 0.958. The van der Waals surface area contributed by atoms with Gasteiger partial charge in [-0.1, -0.05) is 17.7 Å². The van der Waals surface area contributed by atoms with E-state index in [-0.39, 0.29) is 11.3 Å². The molecule has 0 unspecified atom stereocenters. The third-order valence-corrected chi connectivity index (χ3v) is 4.01. The number of pyridine rings is 1. The molecule has 2 aromatic heterocycles. The minimum Gasteiger partial charge on any atom is -0.493 e. The van der Waals surface area contributed by atoms with Gasteiger partial charge in [-0.3, -0.25) is 19.6 Å². The molecule has 0 spiro atoms. The third-order valence-electron chi connectivity index (χ3n) is 4.01. The van der Waals surface area contributed by atoms with Gasteiger partial charge in [-0.25, -0.2) is 14.8 Å². The number of aromatic nitrogens is 3. The molecule has 2 heterocycles. The molecule has 0 aliphatic rings. The summed E-state index contributed by atoms with van der Waals surface area (Å²) in [5, 5.41) is 14.4. The molecule has 1 aromatic carbocycles. The molecule has 0 saturated carbocycles. The number of aromatic amines is 1. The highest BCUT2D eigenvalue weighted by Crippen LogP contribution is 2.17. The van der Waals surface area contributed by atoms with Gasteiger partial charge >= 0.3 is 5.69 Å². The van der Waals surface area contributed by atoms with Crippen LogP contribution in [0.2, 0.25) is 0 Å². The Bertz CT molecular complexity index is 1160. The molecule has 9 nitrogen and oxygen atoms in total. The lowest BCUT2D eigenvalue weighted by atomic mass is 10.2.